The van der Waals surface area contributed by atoms with Crippen molar-refractivity contribution < 1.29 is 4.79 Å². The summed E-state index contributed by atoms with van der Waals surface area (Å²) in [7, 11) is 0. The van der Waals surface area contributed by atoms with Gasteiger partial charge in [-0.3, -0.25) is 4.79 Å². The third kappa shape index (κ3) is 2.77. The molecule has 2 N–H and O–H groups in total. The minimum atomic E-state index is 0.0545. The van der Waals surface area contributed by atoms with Gasteiger partial charge in [-0.1, -0.05) is 30.3 Å². The first-order valence-electron chi connectivity index (χ1n) is 7.99. The maximum atomic E-state index is 11.8. The number of hydrogen-bond acceptors (Lipinski definition) is 5. The van der Waals surface area contributed by atoms with E-state index in [1.165, 1.54) is 5.56 Å². The Morgan fingerprint density at radius 1 is 1.09 bits per heavy atom. The van der Waals surface area contributed by atoms with Gasteiger partial charge in [-0.25, -0.2) is 9.97 Å². The van der Waals surface area contributed by atoms with E-state index in [2.05, 4.69) is 15.5 Å². The smallest absolute Gasteiger partial charge is 0.239 e. The molecule has 1 saturated heterocycles. The Labute approximate surface area is 134 Å². The van der Waals surface area contributed by atoms with E-state index in [1.54, 1.807) is 0 Å². The minimum Gasteiger partial charge on any atom is -0.353 e. The number of nitrogens with one attached hydrogen (secondary N) is 2. The van der Waals surface area contributed by atoms with Gasteiger partial charge in [-0.2, -0.15) is 0 Å². The number of anilines is 1. The highest BCUT2D eigenvalue weighted by molar-refractivity contribution is 5.82. The van der Waals surface area contributed by atoms with E-state index in [-0.39, 0.29) is 5.91 Å². The Kier molecular flexibility index (Phi) is 3.67. The molecule has 1 amide bonds. The zero-order chi connectivity index (χ0) is 15.6. The summed E-state index contributed by atoms with van der Waals surface area (Å²) in [5.41, 5.74) is 3.23. The van der Waals surface area contributed by atoms with Crippen molar-refractivity contribution in [2.45, 2.75) is 13.0 Å². The molecule has 4 rings (SSSR count). The van der Waals surface area contributed by atoms with Gasteiger partial charge in [0.2, 0.25) is 5.91 Å². The van der Waals surface area contributed by atoms with Crippen molar-refractivity contribution in [1.29, 1.82) is 0 Å². The number of nitrogens with zero attached hydrogens (tertiary/aromatic N) is 3. The Bertz CT molecular complexity index is 731. The molecule has 0 unspecified atom stereocenters. The summed E-state index contributed by atoms with van der Waals surface area (Å²) in [6.07, 6.45) is 0.901. The number of fused-ring (bicyclic) bond motifs is 1. The Balaban J connectivity index is 1.81. The van der Waals surface area contributed by atoms with Crippen LogP contribution in [0.3, 0.4) is 0 Å². The lowest BCUT2D eigenvalue weighted by atomic mass is 10.1. The molecule has 6 heteroatoms. The molecule has 118 valence electrons. The van der Waals surface area contributed by atoms with Crippen LogP contribution < -0.4 is 15.5 Å². The van der Waals surface area contributed by atoms with Gasteiger partial charge >= 0.3 is 0 Å². The minimum absolute atomic E-state index is 0.0545. The summed E-state index contributed by atoms with van der Waals surface area (Å²) < 4.78 is 0. The molecule has 2 aromatic rings. The Hall–Kier alpha value is -2.47. The summed E-state index contributed by atoms with van der Waals surface area (Å²) in [5.74, 6) is 1.71. The molecule has 0 spiro atoms. The fourth-order valence-electron chi connectivity index (χ4n) is 3.14. The first kappa shape index (κ1) is 14.1. The van der Waals surface area contributed by atoms with Gasteiger partial charge in [0, 0.05) is 30.8 Å². The third-order valence-corrected chi connectivity index (χ3v) is 4.29. The van der Waals surface area contributed by atoms with Gasteiger partial charge in [0.25, 0.3) is 0 Å². The first-order valence-corrected chi connectivity index (χ1v) is 7.99. The lowest BCUT2D eigenvalue weighted by Crippen LogP contribution is -2.48. The van der Waals surface area contributed by atoms with Crippen molar-refractivity contribution in [2.75, 3.05) is 31.1 Å². The SMILES string of the molecule is O=C1CN(c2nc(-c3ccccc3)nc3c2CCNC3)CCN1. The predicted molar refractivity (Wildman–Crippen MR) is 88.1 cm³/mol. The maximum absolute atomic E-state index is 11.8. The summed E-state index contributed by atoms with van der Waals surface area (Å²) in [6, 6.07) is 10.0. The van der Waals surface area contributed by atoms with Gasteiger partial charge in [0.1, 0.15) is 5.82 Å². The number of amides is 1. The van der Waals surface area contributed by atoms with Crippen LogP contribution in [0.5, 0.6) is 0 Å². The topological polar surface area (TPSA) is 70.2 Å². The molecular weight excluding hydrogens is 290 g/mol. The van der Waals surface area contributed by atoms with Gasteiger partial charge in [0.05, 0.1) is 12.2 Å². The lowest BCUT2D eigenvalue weighted by Gasteiger charge is -2.31. The van der Waals surface area contributed by atoms with E-state index in [9.17, 15) is 4.79 Å². The van der Waals surface area contributed by atoms with Gasteiger partial charge in [-0.15, -0.1) is 0 Å². The fraction of sp³-hybridized carbons (Fsp3) is 0.353. The van der Waals surface area contributed by atoms with Gasteiger partial charge < -0.3 is 15.5 Å². The third-order valence-electron chi connectivity index (χ3n) is 4.29. The summed E-state index contributed by atoms with van der Waals surface area (Å²) in [5, 5.41) is 6.24. The van der Waals surface area contributed by atoms with Crippen molar-refractivity contribution in [1.82, 2.24) is 20.6 Å². The van der Waals surface area contributed by atoms with Crippen molar-refractivity contribution in [2.24, 2.45) is 0 Å². The van der Waals surface area contributed by atoms with E-state index in [0.717, 1.165) is 49.0 Å². The summed E-state index contributed by atoms with van der Waals surface area (Å²) in [4.78, 5) is 23.4. The first-order chi connectivity index (χ1) is 11.3. The average molecular weight is 309 g/mol. The maximum Gasteiger partial charge on any atom is 0.239 e. The highest BCUT2D eigenvalue weighted by Gasteiger charge is 2.25. The fourth-order valence-corrected chi connectivity index (χ4v) is 3.14. The molecule has 0 radical (unpaired) electrons. The van der Waals surface area contributed by atoms with Crippen molar-refractivity contribution in [3.05, 3.63) is 41.6 Å². The van der Waals surface area contributed by atoms with Gasteiger partial charge in [-0.05, 0) is 13.0 Å². The van der Waals surface area contributed by atoms with E-state index in [4.69, 9.17) is 9.97 Å². The second kappa shape index (κ2) is 5.96. The molecule has 2 aliphatic rings. The highest BCUT2D eigenvalue weighted by Crippen LogP contribution is 2.27. The Morgan fingerprint density at radius 2 is 1.96 bits per heavy atom. The summed E-state index contributed by atoms with van der Waals surface area (Å²) in [6.45, 7) is 3.50. The second-order valence-corrected chi connectivity index (χ2v) is 5.86. The van der Waals surface area contributed by atoms with Crippen LogP contribution in [-0.2, 0) is 17.8 Å². The highest BCUT2D eigenvalue weighted by atomic mass is 16.2. The van der Waals surface area contributed by atoms with Crippen LogP contribution in [0.2, 0.25) is 0 Å². The lowest BCUT2D eigenvalue weighted by molar-refractivity contribution is -0.120. The van der Waals surface area contributed by atoms with Crippen LogP contribution in [0.15, 0.2) is 30.3 Å². The van der Waals surface area contributed by atoms with Crippen LogP contribution in [0, 0.1) is 0 Å². The van der Waals surface area contributed by atoms with Crippen molar-refractivity contribution in [3.63, 3.8) is 0 Å². The van der Waals surface area contributed by atoms with Gasteiger partial charge in [0.15, 0.2) is 5.82 Å². The largest absolute Gasteiger partial charge is 0.353 e. The average Bonchev–Trinajstić information content (AvgIpc) is 2.61. The van der Waals surface area contributed by atoms with E-state index >= 15 is 0 Å². The molecular formula is C17H19N5O. The summed E-state index contributed by atoms with van der Waals surface area (Å²) >= 11 is 0. The zero-order valence-corrected chi connectivity index (χ0v) is 12.9. The molecule has 0 atom stereocenters. The second-order valence-electron chi connectivity index (χ2n) is 5.86. The van der Waals surface area contributed by atoms with E-state index in [1.807, 2.05) is 30.3 Å². The molecule has 2 aliphatic heterocycles. The number of carbonyl (C=O) groups excluding carboxylic acids is 1. The predicted octanol–water partition coefficient (Wildman–Crippen LogP) is 0.725. The molecule has 0 bridgehead atoms. The van der Waals surface area contributed by atoms with E-state index < -0.39 is 0 Å². The molecule has 1 aromatic carbocycles. The normalized spacial score (nSPS) is 17.6. The van der Waals surface area contributed by atoms with Crippen molar-refractivity contribution >= 4 is 11.7 Å². The number of aromatic nitrogens is 2. The standard InChI is InChI=1S/C17H19N5O/c23-15-11-22(9-8-19-15)17-13-6-7-18-10-14(13)20-16(21-17)12-4-2-1-3-5-12/h1-5,18H,6-11H2,(H,19,23). The van der Waals surface area contributed by atoms with E-state index in [0.29, 0.717) is 13.1 Å². The number of benzene rings is 1. The molecule has 6 nitrogen and oxygen atoms in total. The van der Waals surface area contributed by atoms with Crippen LogP contribution >= 0.6 is 0 Å². The molecule has 1 fully saturated rings. The zero-order valence-electron chi connectivity index (χ0n) is 12.9. The number of carbonyl (C=O) groups is 1. The van der Waals surface area contributed by atoms with Crippen LogP contribution in [0.4, 0.5) is 5.82 Å². The molecule has 0 saturated carbocycles. The monoisotopic (exact) mass is 309 g/mol. The van der Waals surface area contributed by atoms with Crippen LogP contribution in [0.25, 0.3) is 11.4 Å². The number of piperazine rings is 1. The molecule has 0 aliphatic carbocycles. The molecule has 23 heavy (non-hydrogen) atoms. The van der Waals surface area contributed by atoms with Crippen LogP contribution in [-0.4, -0.2) is 42.1 Å². The number of rotatable bonds is 2. The van der Waals surface area contributed by atoms with Crippen LogP contribution in [0.1, 0.15) is 11.3 Å². The number of hydrogen-bond donors (Lipinski definition) is 2. The molecule has 3 heterocycles. The molecule has 1 aromatic heterocycles. The Morgan fingerprint density at radius 3 is 2.78 bits per heavy atom. The quantitative estimate of drug-likeness (QED) is 0.856. The van der Waals surface area contributed by atoms with Crippen molar-refractivity contribution in [3.8, 4) is 11.4 Å².